The first-order valence-corrected chi connectivity index (χ1v) is 7.72. The maximum absolute atomic E-state index is 13.1. The number of thiophene rings is 1. The summed E-state index contributed by atoms with van der Waals surface area (Å²) in [5, 5.41) is 1.91. The topological polar surface area (TPSA) is 43.1 Å². The van der Waals surface area contributed by atoms with Crippen LogP contribution in [0.2, 0.25) is 0 Å². The fourth-order valence-corrected chi connectivity index (χ4v) is 4.51. The molecular weight excluding hydrogens is 325 g/mol. The highest BCUT2D eigenvalue weighted by Gasteiger charge is 2.12. The third-order valence-corrected chi connectivity index (χ3v) is 5.68. The Labute approximate surface area is 113 Å². The van der Waals surface area contributed by atoms with Gasteiger partial charge in [-0.25, -0.2) is 4.39 Å². The number of anilines is 1. The highest BCUT2D eigenvalue weighted by molar-refractivity contribution is 9.10. The fraction of sp³-hybridized carbons (Fsp3) is 0.0909. The lowest BCUT2D eigenvalue weighted by Crippen LogP contribution is -2.01. The predicted octanol–water partition coefficient (Wildman–Crippen LogP) is 3.54. The minimum atomic E-state index is -1.33. The summed E-state index contributed by atoms with van der Waals surface area (Å²) in [6.45, 7) is 0. The zero-order valence-corrected chi connectivity index (χ0v) is 11.9. The first kappa shape index (κ1) is 12.7. The van der Waals surface area contributed by atoms with Gasteiger partial charge < -0.3 is 5.73 Å². The van der Waals surface area contributed by atoms with Gasteiger partial charge in [-0.05, 0) is 45.6 Å². The summed E-state index contributed by atoms with van der Waals surface area (Å²) < 4.78 is 26.1. The third-order valence-electron chi connectivity index (χ3n) is 2.17. The highest BCUT2D eigenvalue weighted by atomic mass is 79.9. The minimum absolute atomic E-state index is 0.339. The van der Waals surface area contributed by atoms with Gasteiger partial charge in [0.25, 0.3) is 0 Å². The SMILES string of the molecule is Nc1ccc(F)cc1S(=O)Cc1sccc1Br. The molecule has 0 aliphatic carbocycles. The largest absolute Gasteiger partial charge is 0.398 e. The van der Waals surface area contributed by atoms with E-state index in [9.17, 15) is 8.60 Å². The normalized spacial score (nSPS) is 12.6. The Morgan fingerprint density at radius 1 is 1.41 bits per heavy atom. The van der Waals surface area contributed by atoms with E-state index in [1.54, 1.807) is 0 Å². The van der Waals surface area contributed by atoms with E-state index in [0.29, 0.717) is 16.3 Å². The summed E-state index contributed by atoms with van der Waals surface area (Å²) in [5.74, 6) is -0.0841. The fourth-order valence-electron chi connectivity index (χ4n) is 1.33. The van der Waals surface area contributed by atoms with Crippen LogP contribution in [0, 0.1) is 5.82 Å². The lowest BCUT2D eigenvalue weighted by atomic mass is 10.3. The lowest BCUT2D eigenvalue weighted by molar-refractivity contribution is 0.623. The van der Waals surface area contributed by atoms with Crippen molar-refractivity contribution in [2.75, 3.05) is 5.73 Å². The summed E-state index contributed by atoms with van der Waals surface area (Å²) in [7, 11) is -1.33. The molecule has 0 saturated heterocycles. The maximum atomic E-state index is 13.1. The van der Waals surface area contributed by atoms with Crippen LogP contribution in [0.25, 0.3) is 0 Å². The van der Waals surface area contributed by atoms with Gasteiger partial charge in [0.1, 0.15) is 5.82 Å². The van der Waals surface area contributed by atoms with E-state index in [4.69, 9.17) is 5.73 Å². The van der Waals surface area contributed by atoms with Gasteiger partial charge in [-0.2, -0.15) is 0 Å². The van der Waals surface area contributed by atoms with Gasteiger partial charge >= 0.3 is 0 Å². The molecule has 0 saturated carbocycles. The van der Waals surface area contributed by atoms with Crippen molar-refractivity contribution in [2.45, 2.75) is 10.6 Å². The van der Waals surface area contributed by atoms with Crippen molar-refractivity contribution in [3.05, 3.63) is 44.8 Å². The molecule has 0 spiro atoms. The Kier molecular flexibility index (Phi) is 3.96. The van der Waals surface area contributed by atoms with Crippen LogP contribution in [-0.2, 0) is 16.6 Å². The molecule has 6 heteroatoms. The van der Waals surface area contributed by atoms with Crippen molar-refractivity contribution < 1.29 is 8.60 Å². The summed E-state index contributed by atoms with van der Waals surface area (Å²) in [6, 6.07) is 5.82. The molecule has 1 aromatic carbocycles. The maximum Gasteiger partial charge on any atom is 0.124 e. The summed E-state index contributed by atoms with van der Waals surface area (Å²) >= 11 is 4.88. The molecule has 17 heavy (non-hydrogen) atoms. The van der Waals surface area contributed by atoms with Crippen molar-refractivity contribution in [1.29, 1.82) is 0 Å². The molecule has 2 aromatic rings. The van der Waals surface area contributed by atoms with E-state index < -0.39 is 16.6 Å². The molecule has 1 atom stereocenters. The average molecular weight is 334 g/mol. The third kappa shape index (κ3) is 2.94. The van der Waals surface area contributed by atoms with E-state index in [1.807, 2.05) is 11.4 Å². The van der Waals surface area contributed by atoms with E-state index in [2.05, 4.69) is 15.9 Å². The van der Waals surface area contributed by atoms with Crippen molar-refractivity contribution in [3.63, 3.8) is 0 Å². The number of rotatable bonds is 3. The molecule has 2 rings (SSSR count). The molecule has 0 fully saturated rings. The van der Waals surface area contributed by atoms with Gasteiger partial charge in [0, 0.05) is 15.0 Å². The Hall–Kier alpha value is -0.720. The standard InChI is InChI=1S/C11H9BrFNOS2/c12-8-3-4-16-10(8)6-17(15)11-5-7(13)1-2-9(11)14/h1-5H,6,14H2. The number of hydrogen-bond acceptors (Lipinski definition) is 3. The number of nitrogen functional groups attached to an aromatic ring is 1. The molecular formula is C11H9BrFNOS2. The van der Waals surface area contributed by atoms with Gasteiger partial charge in [-0.3, -0.25) is 4.21 Å². The molecule has 2 N–H and O–H groups in total. The Morgan fingerprint density at radius 3 is 2.82 bits per heavy atom. The van der Waals surface area contributed by atoms with Crippen LogP contribution in [0.3, 0.4) is 0 Å². The molecule has 0 aliphatic rings. The molecule has 90 valence electrons. The highest BCUT2D eigenvalue weighted by Crippen LogP contribution is 2.27. The second-order valence-corrected chi connectivity index (χ2v) is 6.64. The van der Waals surface area contributed by atoms with Crippen molar-refractivity contribution >= 4 is 43.8 Å². The second-order valence-electron chi connectivity index (χ2n) is 3.36. The smallest absolute Gasteiger partial charge is 0.124 e. The van der Waals surface area contributed by atoms with Crippen LogP contribution in [0.1, 0.15) is 4.88 Å². The van der Waals surface area contributed by atoms with Crippen LogP contribution >= 0.6 is 27.3 Å². The van der Waals surface area contributed by atoms with E-state index >= 15 is 0 Å². The molecule has 0 bridgehead atoms. The van der Waals surface area contributed by atoms with E-state index in [0.717, 1.165) is 9.35 Å². The Balaban J connectivity index is 2.26. The van der Waals surface area contributed by atoms with Crippen molar-refractivity contribution in [3.8, 4) is 0 Å². The second kappa shape index (κ2) is 5.29. The monoisotopic (exact) mass is 333 g/mol. The van der Waals surface area contributed by atoms with Crippen LogP contribution in [0.5, 0.6) is 0 Å². The summed E-state index contributed by atoms with van der Waals surface area (Å²) in [4.78, 5) is 1.32. The Bertz CT molecular complexity index is 570. The van der Waals surface area contributed by atoms with Gasteiger partial charge in [0.15, 0.2) is 0 Å². The van der Waals surface area contributed by atoms with E-state index in [-0.39, 0.29) is 0 Å². The first-order valence-electron chi connectivity index (χ1n) is 4.73. The molecule has 1 aromatic heterocycles. The molecule has 1 unspecified atom stereocenters. The minimum Gasteiger partial charge on any atom is -0.398 e. The number of hydrogen-bond donors (Lipinski definition) is 1. The summed E-state index contributed by atoms with van der Waals surface area (Å²) in [6.07, 6.45) is 0. The van der Waals surface area contributed by atoms with Gasteiger partial charge in [0.05, 0.1) is 21.4 Å². The predicted molar refractivity (Wildman–Crippen MR) is 72.9 cm³/mol. The van der Waals surface area contributed by atoms with Crippen molar-refractivity contribution in [2.24, 2.45) is 0 Å². The van der Waals surface area contributed by atoms with E-state index in [1.165, 1.54) is 29.5 Å². The zero-order chi connectivity index (χ0) is 12.4. The van der Waals surface area contributed by atoms with Crippen LogP contribution in [-0.4, -0.2) is 4.21 Å². The zero-order valence-electron chi connectivity index (χ0n) is 8.65. The number of halogens is 2. The molecule has 0 amide bonds. The Morgan fingerprint density at radius 2 is 2.18 bits per heavy atom. The van der Waals surface area contributed by atoms with Gasteiger partial charge in [-0.1, -0.05) is 0 Å². The van der Waals surface area contributed by atoms with Crippen molar-refractivity contribution in [1.82, 2.24) is 0 Å². The first-order chi connectivity index (χ1) is 8.08. The van der Waals surface area contributed by atoms with Crippen LogP contribution < -0.4 is 5.73 Å². The lowest BCUT2D eigenvalue weighted by Gasteiger charge is -2.05. The summed E-state index contributed by atoms with van der Waals surface area (Å²) in [5.41, 5.74) is 6.05. The quantitative estimate of drug-likeness (QED) is 0.873. The van der Waals surface area contributed by atoms with Gasteiger partial charge in [-0.15, -0.1) is 11.3 Å². The van der Waals surface area contributed by atoms with Gasteiger partial charge in [0.2, 0.25) is 0 Å². The molecule has 0 radical (unpaired) electrons. The number of benzene rings is 1. The average Bonchev–Trinajstić information content (AvgIpc) is 2.68. The van der Waals surface area contributed by atoms with Crippen LogP contribution in [0.4, 0.5) is 10.1 Å². The molecule has 1 heterocycles. The molecule has 2 nitrogen and oxygen atoms in total. The van der Waals surface area contributed by atoms with Crippen LogP contribution in [0.15, 0.2) is 39.0 Å². The number of nitrogens with two attached hydrogens (primary N) is 1. The molecule has 0 aliphatic heterocycles.